The first-order valence-electron chi connectivity index (χ1n) is 5.17. The highest BCUT2D eigenvalue weighted by Crippen LogP contribution is 2.15. The van der Waals surface area contributed by atoms with Crippen LogP contribution in [0.4, 0.5) is 0 Å². The van der Waals surface area contributed by atoms with Gasteiger partial charge in [-0.15, -0.1) is 4.73 Å². The van der Waals surface area contributed by atoms with Gasteiger partial charge in [-0.2, -0.15) is 0 Å². The average molecular weight is 232 g/mol. The molecule has 1 aromatic carbocycles. The third-order valence-corrected chi connectivity index (χ3v) is 2.54. The van der Waals surface area contributed by atoms with Crippen molar-refractivity contribution in [2.45, 2.75) is 20.8 Å². The molecule has 5 heteroatoms. The van der Waals surface area contributed by atoms with E-state index in [2.05, 4.69) is 4.98 Å². The van der Waals surface area contributed by atoms with Gasteiger partial charge < -0.3 is 4.84 Å². The lowest BCUT2D eigenvalue weighted by Crippen LogP contribution is -2.29. The Morgan fingerprint density at radius 2 is 1.94 bits per heavy atom. The highest BCUT2D eigenvalue weighted by atomic mass is 16.7. The van der Waals surface area contributed by atoms with Crippen LogP contribution in [0.1, 0.15) is 18.1 Å². The van der Waals surface area contributed by atoms with Crippen LogP contribution in [0.5, 0.6) is 0 Å². The molecule has 0 aliphatic carbocycles. The molecule has 1 aromatic heterocycles. The molecule has 88 valence electrons. The van der Waals surface area contributed by atoms with E-state index in [4.69, 9.17) is 4.84 Å². The number of hydrogen-bond acceptors (Lipinski definition) is 4. The van der Waals surface area contributed by atoms with E-state index in [0.29, 0.717) is 11.0 Å². The quantitative estimate of drug-likeness (QED) is 0.735. The number of nitrogens with zero attached hydrogens (tertiary/aromatic N) is 2. The summed E-state index contributed by atoms with van der Waals surface area (Å²) >= 11 is 0. The number of carbonyl (C=O) groups excluding carboxylic acids is 1. The molecule has 2 rings (SSSR count). The fourth-order valence-corrected chi connectivity index (χ4v) is 1.57. The zero-order valence-corrected chi connectivity index (χ0v) is 9.85. The second-order valence-corrected chi connectivity index (χ2v) is 3.90. The van der Waals surface area contributed by atoms with Crippen LogP contribution in [0.3, 0.4) is 0 Å². The molecule has 1 heterocycles. The van der Waals surface area contributed by atoms with Crippen LogP contribution in [0.15, 0.2) is 23.1 Å². The van der Waals surface area contributed by atoms with Gasteiger partial charge in [-0.1, -0.05) is 0 Å². The summed E-state index contributed by atoms with van der Waals surface area (Å²) in [7, 11) is 0. The lowest BCUT2D eigenvalue weighted by Gasteiger charge is -2.09. The van der Waals surface area contributed by atoms with Crippen LogP contribution in [0.25, 0.3) is 11.0 Å². The highest BCUT2D eigenvalue weighted by Gasteiger charge is 2.08. The van der Waals surface area contributed by atoms with Gasteiger partial charge in [0.05, 0.1) is 11.7 Å². The molecule has 17 heavy (non-hydrogen) atoms. The van der Waals surface area contributed by atoms with Gasteiger partial charge in [-0.05, 0) is 37.1 Å². The molecule has 0 aliphatic heterocycles. The van der Waals surface area contributed by atoms with Crippen molar-refractivity contribution in [1.82, 2.24) is 9.71 Å². The van der Waals surface area contributed by atoms with Crippen molar-refractivity contribution in [3.63, 3.8) is 0 Å². The SMILES string of the molecule is CC(=O)On1c(=O)cnc2cc(C)c(C)cc21. The molecular formula is C12H12N2O3. The summed E-state index contributed by atoms with van der Waals surface area (Å²) in [4.78, 5) is 31.5. The van der Waals surface area contributed by atoms with Gasteiger partial charge >= 0.3 is 11.5 Å². The summed E-state index contributed by atoms with van der Waals surface area (Å²) in [5.41, 5.74) is 2.73. The summed E-state index contributed by atoms with van der Waals surface area (Å²) in [5, 5.41) is 0. The number of benzene rings is 1. The Hall–Kier alpha value is -2.17. The van der Waals surface area contributed by atoms with E-state index in [1.54, 1.807) is 6.07 Å². The fraction of sp³-hybridized carbons (Fsp3) is 0.250. The molecule has 0 bridgehead atoms. The Kier molecular flexibility index (Phi) is 2.67. The first-order valence-corrected chi connectivity index (χ1v) is 5.17. The average Bonchev–Trinajstić information content (AvgIpc) is 2.25. The maximum absolute atomic E-state index is 11.6. The molecule has 0 atom stereocenters. The van der Waals surface area contributed by atoms with Crippen molar-refractivity contribution in [2.75, 3.05) is 0 Å². The van der Waals surface area contributed by atoms with Crippen molar-refractivity contribution in [3.8, 4) is 0 Å². The van der Waals surface area contributed by atoms with E-state index in [1.807, 2.05) is 19.9 Å². The number of hydrogen-bond donors (Lipinski definition) is 0. The minimum absolute atomic E-state index is 0.462. The molecule has 0 saturated carbocycles. The van der Waals surface area contributed by atoms with E-state index in [0.717, 1.165) is 22.1 Å². The second kappa shape index (κ2) is 4.01. The Labute approximate surface area is 97.6 Å². The summed E-state index contributed by atoms with van der Waals surface area (Å²) in [6.07, 6.45) is 1.14. The lowest BCUT2D eigenvalue weighted by molar-refractivity contribution is -0.141. The van der Waals surface area contributed by atoms with Gasteiger partial charge in [-0.25, -0.2) is 9.78 Å². The van der Waals surface area contributed by atoms with Crippen molar-refractivity contribution in [2.24, 2.45) is 0 Å². The zero-order valence-electron chi connectivity index (χ0n) is 9.85. The zero-order chi connectivity index (χ0) is 12.6. The predicted molar refractivity (Wildman–Crippen MR) is 62.7 cm³/mol. The van der Waals surface area contributed by atoms with Crippen LogP contribution < -0.4 is 10.4 Å². The van der Waals surface area contributed by atoms with Gasteiger partial charge in [0.15, 0.2) is 0 Å². The van der Waals surface area contributed by atoms with Gasteiger partial charge in [0.2, 0.25) is 0 Å². The van der Waals surface area contributed by atoms with Crippen molar-refractivity contribution in [1.29, 1.82) is 0 Å². The molecule has 2 aromatic rings. The minimum Gasteiger partial charge on any atom is -0.333 e. The van der Waals surface area contributed by atoms with E-state index < -0.39 is 11.5 Å². The third-order valence-electron chi connectivity index (χ3n) is 2.54. The molecule has 5 nitrogen and oxygen atoms in total. The van der Waals surface area contributed by atoms with Crippen LogP contribution in [-0.2, 0) is 4.79 Å². The number of rotatable bonds is 1. The molecule has 0 radical (unpaired) electrons. The number of fused-ring (bicyclic) bond motifs is 1. The maximum atomic E-state index is 11.6. The maximum Gasteiger partial charge on any atom is 0.330 e. The Bertz CT molecular complexity index is 659. The highest BCUT2D eigenvalue weighted by molar-refractivity contribution is 5.77. The second-order valence-electron chi connectivity index (χ2n) is 3.90. The lowest BCUT2D eigenvalue weighted by atomic mass is 10.1. The number of aryl methyl sites for hydroxylation is 2. The third kappa shape index (κ3) is 2.04. The largest absolute Gasteiger partial charge is 0.333 e. The van der Waals surface area contributed by atoms with Crippen LogP contribution in [-0.4, -0.2) is 15.7 Å². The number of aromatic nitrogens is 2. The predicted octanol–water partition coefficient (Wildman–Crippen LogP) is 0.988. The normalized spacial score (nSPS) is 10.5. The van der Waals surface area contributed by atoms with E-state index in [-0.39, 0.29) is 0 Å². The summed E-state index contributed by atoms with van der Waals surface area (Å²) in [6.45, 7) is 5.13. The first kappa shape index (κ1) is 11.3. The van der Waals surface area contributed by atoms with Gasteiger partial charge in [0.1, 0.15) is 5.52 Å². The molecule has 0 saturated heterocycles. The smallest absolute Gasteiger partial charge is 0.330 e. The van der Waals surface area contributed by atoms with E-state index >= 15 is 0 Å². The minimum atomic E-state index is -0.544. The van der Waals surface area contributed by atoms with Gasteiger partial charge in [-0.3, -0.25) is 4.79 Å². The standard InChI is InChI=1S/C12H12N2O3/c1-7-4-10-11(5-8(7)2)14(17-9(3)15)12(16)6-13-10/h4-6H,1-3H3. The molecule has 0 fully saturated rings. The van der Waals surface area contributed by atoms with Gasteiger partial charge in [0, 0.05) is 6.92 Å². The summed E-state index contributed by atoms with van der Waals surface area (Å²) in [6, 6.07) is 3.63. The van der Waals surface area contributed by atoms with Crippen LogP contribution >= 0.6 is 0 Å². The topological polar surface area (TPSA) is 61.2 Å². The van der Waals surface area contributed by atoms with Crippen molar-refractivity contribution in [3.05, 3.63) is 39.8 Å². The molecule has 0 N–H and O–H groups in total. The first-order chi connectivity index (χ1) is 7.99. The van der Waals surface area contributed by atoms with E-state index in [9.17, 15) is 9.59 Å². The summed E-state index contributed by atoms with van der Waals surface area (Å²) < 4.78 is 0.969. The Balaban J connectivity index is 2.80. The van der Waals surface area contributed by atoms with Crippen molar-refractivity contribution < 1.29 is 9.63 Å². The van der Waals surface area contributed by atoms with Crippen LogP contribution in [0.2, 0.25) is 0 Å². The molecule has 0 unspecified atom stereocenters. The molecule has 0 spiro atoms. The monoisotopic (exact) mass is 232 g/mol. The molecule has 0 aliphatic rings. The number of carbonyl (C=O) groups is 1. The molecular weight excluding hydrogens is 220 g/mol. The molecule has 0 amide bonds. The van der Waals surface area contributed by atoms with Crippen LogP contribution in [0, 0.1) is 13.8 Å². The Morgan fingerprint density at radius 3 is 2.59 bits per heavy atom. The Morgan fingerprint density at radius 1 is 1.29 bits per heavy atom. The van der Waals surface area contributed by atoms with Crippen molar-refractivity contribution >= 4 is 17.0 Å². The van der Waals surface area contributed by atoms with E-state index in [1.165, 1.54) is 6.92 Å². The fourth-order valence-electron chi connectivity index (χ4n) is 1.57. The summed E-state index contributed by atoms with van der Waals surface area (Å²) in [5.74, 6) is -0.544. The van der Waals surface area contributed by atoms with Gasteiger partial charge in [0.25, 0.3) is 0 Å².